The smallest absolute Gasteiger partial charge is 0.262 e. The number of rotatable bonds is 4. The average Bonchev–Trinajstić information content (AvgIpc) is 2.56. The highest BCUT2D eigenvalue weighted by Gasteiger charge is 2.31. The number of nitrogens with zero attached hydrogens (tertiary/aromatic N) is 2. The van der Waals surface area contributed by atoms with Crippen LogP contribution in [0.3, 0.4) is 0 Å². The van der Waals surface area contributed by atoms with Gasteiger partial charge in [0, 0.05) is 11.8 Å². The molecule has 0 bridgehead atoms. The standard InChI is InChI=1S/C18H24N2O2S/c1-12-6-5-9-16(13(12)2)20-17(22)14-7-3-4-8-15(14)19-18(20)23-11-10-21/h3-4,7-8,12-13,16,21H,5-6,9-11H2,1-2H3/t12-,13-,16-/m1/s1. The van der Waals surface area contributed by atoms with Crippen LogP contribution in [0.5, 0.6) is 0 Å². The van der Waals surface area contributed by atoms with E-state index in [0.717, 1.165) is 23.5 Å². The molecule has 1 N–H and O–H groups in total. The van der Waals surface area contributed by atoms with Crippen molar-refractivity contribution in [2.24, 2.45) is 11.8 Å². The second-order valence-corrected chi connectivity index (χ2v) is 7.56. The van der Waals surface area contributed by atoms with E-state index in [9.17, 15) is 4.79 Å². The van der Waals surface area contributed by atoms with E-state index in [4.69, 9.17) is 10.1 Å². The lowest BCUT2D eigenvalue weighted by Crippen LogP contribution is -2.35. The number of thioether (sulfide) groups is 1. The fourth-order valence-corrected chi connectivity index (χ4v) is 4.37. The highest BCUT2D eigenvalue weighted by Crippen LogP contribution is 2.38. The minimum Gasteiger partial charge on any atom is -0.396 e. The van der Waals surface area contributed by atoms with E-state index >= 15 is 0 Å². The van der Waals surface area contributed by atoms with Gasteiger partial charge in [0.2, 0.25) is 0 Å². The Labute approximate surface area is 140 Å². The third-order valence-corrected chi connectivity index (χ3v) is 6.03. The van der Waals surface area contributed by atoms with Gasteiger partial charge in [0.05, 0.1) is 17.5 Å². The van der Waals surface area contributed by atoms with Gasteiger partial charge in [0.15, 0.2) is 5.16 Å². The van der Waals surface area contributed by atoms with Gasteiger partial charge in [0.25, 0.3) is 5.56 Å². The topological polar surface area (TPSA) is 55.1 Å². The maximum atomic E-state index is 13.1. The van der Waals surface area contributed by atoms with Crippen molar-refractivity contribution < 1.29 is 5.11 Å². The summed E-state index contributed by atoms with van der Waals surface area (Å²) in [6, 6.07) is 7.74. The van der Waals surface area contributed by atoms with Crippen LogP contribution in [0.2, 0.25) is 0 Å². The summed E-state index contributed by atoms with van der Waals surface area (Å²) in [6.07, 6.45) is 3.41. The molecule has 0 radical (unpaired) electrons. The van der Waals surface area contributed by atoms with Gasteiger partial charge in [-0.05, 0) is 30.4 Å². The molecule has 0 amide bonds. The predicted octanol–water partition coefficient (Wildman–Crippen LogP) is 3.48. The van der Waals surface area contributed by atoms with Crippen LogP contribution in [0.1, 0.15) is 39.2 Å². The Morgan fingerprint density at radius 1 is 1.30 bits per heavy atom. The van der Waals surface area contributed by atoms with Crippen LogP contribution in [-0.4, -0.2) is 27.0 Å². The summed E-state index contributed by atoms with van der Waals surface area (Å²) < 4.78 is 1.91. The molecule has 1 fully saturated rings. The fraction of sp³-hybridized carbons (Fsp3) is 0.556. The van der Waals surface area contributed by atoms with E-state index in [1.807, 2.05) is 28.8 Å². The van der Waals surface area contributed by atoms with Crippen LogP contribution < -0.4 is 5.56 Å². The van der Waals surface area contributed by atoms with Crippen molar-refractivity contribution >= 4 is 22.7 Å². The largest absolute Gasteiger partial charge is 0.396 e. The fourth-order valence-electron chi connectivity index (χ4n) is 3.57. The monoisotopic (exact) mass is 332 g/mol. The Kier molecular flexibility index (Phi) is 5.07. The molecule has 23 heavy (non-hydrogen) atoms. The number of para-hydroxylation sites is 1. The summed E-state index contributed by atoms with van der Waals surface area (Å²) in [5.74, 6) is 1.63. The molecule has 1 heterocycles. The first-order valence-corrected chi connectivity index (χ1v) is 9.37. The molecule has 3 rings (SSSR count). The number of hydrogen-bond donors (Lipinski definition) is 1. The van der Waals surface area contributed by atoms with Gasteiger partial charge in [-0.1, -0.05) is 50.6 Å². The number of fused-ring (bicyclic) bond motifs is 1. The molecule has 1 aliphatic rings. The lowest BCUT2D eigenvalue weighted by molar-refractivity contribution is 0.173. The molecule has 0 saturated heterocycles. The Morgan fingerprint density at radius 3 is 2.87 bits per heavy atom. The predicted molar refractivity (Wildman–Crippen MR) is 95.0 cm³/mol. The Morgan fingerprint density at radius 2 is 2.09 bits per heavy atom. The second-order valence-electron chi connectivity index (χ2n) is 6.49. The minimum absolute atomic E-state index is 0.0574. The van der Waals surface area contributed by atoms with Gasteiger partial charge < -0.3 is 5.11 Å². The van der Waals surface area contributed by atoms with Gasteiger partial charge in [-0.3, -0.25) is 9.36 Å². The maximum Gasteiger partial charge on any atom is 0.262 e. The molecule has 3 atom stereocenters. The maximum absolute atomic E-state index is 13.1. The lowest BCUT2D eigenvalue weighted by Gasteiger charge is -2.36. The van der Waals surface area contributed by atoms with Crippen molar-refractivity contribution in [2.75, 3.05) is 12.4 Å². The third-order valence-electron chi connectivity index (χ3n) is 5.09. The van der Waals surface area contributed by atoms with Crippen molar-refractivity contribution in [1.82, 2.24) is 9.55 Å². The summed E-state index contributed by atoms with van der Waals surface area (Å²) in [4.78, 5) is 17.8. The summed E-state index contributed by atoms with van der Waals surface area (Å²) in [5.41, 5.74) is 0.799. The van der Waals surface area contributed by atoms with Gasteiger partial charge in [0.1, 0.15) is 0 Å². The van der Waals surface area contributed by atoms with E-state index in [0.29, 0.717) is 23.0 Å². The second kappa shape index (κ2) is 7.05. The number of aliphatic hydroxyl groups is 1. The van der Waals surface area contributed by atoms with E-state index in [1.54, 1.807) is 0 Å². The first kappa shape index (κ1) is 16.5. The molecular formula is C18H24N2O2S. The summed E-state index contributed by atoms with van der Waals surface area (Å²) in [6.45, 7) is 4.61. The SMILES string of the molecule is C[C@@H]1[C@H](C)CCC[C@H]1n1c(SCCO)nc2ccccc2c1=O. The van der Waals surface area contributed by atoms with Crippen LogP contribution in [0.4, 0.5) is 0 Å². The summed E-state index contributed by atoms with van der Waals surface area (Å²) in [7, 11) is 0. The normalized spacial score (nSPS) is 24.9. The van der Waals surface area contributed by atoms with E-state index in [2.05, 4.69) is 13.8 Å². The molecule has 124 valence electrons. The molecule has 0 unspecified atom stereocenters. The first-order chi connectivity index (χ1) is 11.1. The molecule has 2 aromatic rings. The van der Waals surface area contributed by atoms with E-state index < -0.39 is 0 Å². The van der Waals surface area contributed by atoms with Gasteiger partial charge in [-0.25, -0.2) is 4.98 Å². The number of aromatic nitrogens is 2. The van der Waals surface area contributed by atoms with Gasteiger partial charge >= 0.3 is 0 Å². The van der Waals surface area contributed by atoms with E-state index in [-0.39, 0.29) is 18.2 Å². The van der Waals surface area contributed by atoms with Gasteiger partial charge in [-0.15, -0.1) is 0 Å². The molecule has 4 nitrogen and oxygen atoms in total. The highest BCUT2D eigenvalue weighted by atomic mass is 32.2. The van der Waals surface area contributed by atoms with Gasteiger partial charge in [-0.2, -0.15) is 0 Å². The molecule has 1 aromatic carbocycles. The van der Waals surface area contributed by atoms with Crippen LogP contribution >= 0.6 is 11.8 Å². The molecule has 0 aliphatic heterocycles. The zero-order chi connectivity index (χ0) is 16.4. The lowest BCUT2D eigenvalue weighted by atomic mass is 9.78. The van der Waals surface area contributed by atoms with Crippen molar-refractivity contribution in [3.63, 3.8) is 0 Å². The van der Waals surface area contributed by atoms with Crippen LogP contribution in [0, 0.1) is 11.8 Å². The van der Waals surface area contributed by atoms with Crippen molar-refractivity contribution in [1.29, 1.82) is 0 Å². The van der Waals surface area contributed by atoms with Crippen LogP contribution in [-0.2, 0) is 0 Å². The van der Waals surface area contributed by atoms with Crippen molar-refractivity contribution in [3.05, 3.63) is 34.6 Å². The van der Waals surface area contributed by atoms with E-state index in [1.165, 1.54) is 18.2 Å². The molecule has 0 spiro atoms. The van der Waals surface area contributed by atoms with Crippen molar-refractivity contribution in [3.8, 4) is 0 Å². The molecule has 1 aromatic heterocycles. The molecule has 5 heteroatoms. The number of hydrogen-bond acceptors (Lipinski definition) is 4. The molecule has 1 aliphatic carbocycles. The quantitative estimate of drug-likeness (QED) is 0.688. The minimum atomic E-state index is 0.0574. The Bertz CT molecular complexity index is 743. The summed E-state index contributed by atoms with van der Waals surface area (Å²) in [5, 5.41) is 10.6. The average molecular weight is 332 g/mol. The Hall–Kier alpha value is -1.33. The first-order valence-electron chi connectivity index (χ1n) is 8.38. The van der Waals surface area contributed by atoms with Crippen molar-refractivity contribution in [2.45, 2.75) is 44.3 Å². The third kappa shape index (κ3) is 3.17. The molecule has 1 saturated carbocycles. The van der Waals surface area contributed by atoms with Crippen LogP contribution in [0.15, 0.2) is 34.2 Å². The summed E-state index contributed by atoms with van der Waals surface area (Å²) >= 11 is 1.47. The highest BCUT2D eigenvalue weighted by molar-refractivity contribution is 7.99. The Balaban J connectivity index is 2.16. The molecular weight excluding hydrogens is 308 g/mol. The zero-order valence-corrected chi connectivity index (χ0v) is 14.6. The zero-order valence-electron chi connectivity index (χ0n) is 13.7. The number of aliphatic hydroxyl groups excluding tert-OH is 1. The van der Waals surface area contributed by atoms with Crippen LogP contribution in [0.25, 0.3) is 10.9 Å². The number of benzene rings is 1.